The molecule has 15 heavy (non-hydrogen) atoms. The van der Waals surface area contributed by atoms with Gasteiger partial charge in [0.05, 0.1) is 0 Å². The van der Waals surface area contributed by atoms with E-state index in [1.165, 1.54) is 16.7 Å². The Morgan fingerprint density at radius 1 is 0.867 bits per heavy atom. The van der Waals surface area contributed by atoms with Crippen LogP contribution < -0.4 is 0 Å². The van der Waals surface area contributed by atoms with Crippen LogP contribution in [0.1, 0.15) is 12.5 Å². The predicted molar refractivity (Wildman–Crippen MR) is 65.6 cm³/mol. The van der Waals surface area contributed by atoms with Crippen LogP contribution in [0.15, 0.2) is 54.6 Å². The predicted octanol–water partition coefficient (Wildman–Crippen LogP) is 4.12. The van der Waals surface area contributed by atoms with E-state index in [0.717, 1.165) is 6.42 Å². The van der Waals surface area contributed by atoms with Crippen molar-refractivity contribution in [2.45, 2.75) is 13.3 Å². The minimum absolute atomic E-state index is 1.03. The largest absolute Gasteiger partial charge is 0.0622 e. The summed E-state index contributed by atoms with van der Waals surface area (Å²) in [4.78, 5) is 0. The lowest BCUT2D eigenvalue weighted by atomic mass is 9.97. The van der Waals surface area contributed by atoms with Gasteiger partial charge in [0.1, 0.15) is 0 Å². The molecule has 0 aliphatic rings. The van der Waals surface area contributed by atoms with Gasteiger partial charge in [-0.3, -0.25) is 0 Å². The third-order valence-corrected chi connectivity index (χ3v) is 2.53. The molecule has 0 unspecified atom stereocenters. The molecule has 0 aromatic heterocycles. The van der Waals surface area contributed by atoms with Crippen molar-refractivity contribution in [3.63, 3.8) is 0 Å². The monoisotopic (exact) mass is 195 g/mol. The van der Waals surface area contributed by atoms with Crippen molar-refractivity contribution in [2.24, 2.45) is 0 Å². The van der Waals surface area contributed by atoms with Gasteiger partial charge in [-0.1, -0.05) is 61.5 Å². The maximum atomic E-state index is 2.20. The summed E-state index contributed by atoms with van der Waals surface area (Å²) in [6.07, 6.45) is 3.23. The number of hydrogen-bond acceptors (Lipinski definition) is 0. The fraction of sp³-hybridized carbons (Fsp3) is 0.133. The standard InChI is InChI=1S/C15H15/c1-2-8-13-11-6-7-12-15(13)14-9-4-3-5-10-14/h2-7,9-12H,8H2,1H3. The van der Waals surface area contributed by atoms with E-state index in [-0.39, 0.29) is 0 Å². The van der Waals surface area contributed by atoms with Crippen LogP contribution in [0.3, 0.4) is 0 Å². The van der Waals surface area contributed by atoms with Crippen LogP contribution in [0.25, 0.3) is 11.1 Å². The van der Waals surface area contributed by atoms with Crippen LogP contribution in [0, 0.1) is 6.42 Å². The van der Waals surface area contributed by atoms with E-state index in [1.807, 2.05) is 0 Å². The summed E-state index contributed by atoms with van der Waals surface area (Å²) in [6.45, 7) is 2.10. The van der Waals surface area contributed by atoms with E-state index >= 15 is 0 Å². The Morgan fingerprint density at radius 2 is 1.53 bits per heavy atom. The Kier molecular flexibility index (Phi) is 3.18. The minimum atomic E-state index is 1.03. The van der Waals surface area contributed by atoms with Crippen LogP contribution in [-0.4, -0.2) is 0 Å². The van der Waals surface area contributed by atoms with Crippen molar-refractivity contribution in [2.75, 3.05) is 0 Å². The number of rotatable bonds is 3. The molecular weight excluding hydrogens is 180 g/mol. The molecule has 0 atom stereocenters. The smallest absolute Gasteiger partial charge is 0.0152 e. The molecule has 0 aliphatic heterocycles. The van der Waals surface area contributed by atoms with Gasteiger partial charge in [-0.15, -0.1) is 0 Å². The van der Waals surface area contributed by atoms with E-state index in [0.29, 0.717) is 0 Å². The van der Waals surface area contributed by atoms with Crippen molar-refractivity contribution in [3.8, 4) is 11.1 Å². The summed E-state index contributed by atoms with van der Waals surface area (Å²) < 4.78 is 0. The second-order valence-electron chi connectivity index (χ2n) is 3.64. The van der Waals surface area contributed by atoms with Crippen molar-refractivity contribution in [1.82, 2.24) is 0 Å². The lowest BCUT2D eigenvalue weighted by molar-refractivity contribution is 1.14. The highest BCUT2D eigenvalue weighted by molar-refractivity contribution is 5.67. The van der Waals surface area contributed by atoms with Crippen LogP contribution >= 0.6 is 0 Å². The second kappa shape index (κ2) is 4.79. The molecule has 1 radical (unpaired) electrons. The van der Waals surface area contributed by atoms with Gasteiger partial charge in [0.15, 0.2) is 0 Å². The summed E-state index contributed by atoms with van der Waals surface area (Å²) in [5.41, 5.74) is 4.04. The third-order valence-electron chi connectivity index (χ3n) is 2.53. The maximum Gasteiger partial charge on any atom is -0.0152 e. The van der Waals surface area contributed by atoms with E-state index in [9.17, 15) is 0 Å². The van der Waals surface area contributed by atoms with Gasteiger partial charge < -0.3 is 0 Å². The van der Waals surface area contributed by atoms with Gasteiger partial charge in [0.25, 0.3) is 0 Å². The lowest BCUT2D eigenvalue weighted by Gasteiger charge is -2.08. The van der Waals surface area contributed by atoms with Crippen LogP contribution in [0.4, 0.5) is 0 Å². The molecule has 0 heteroatoms. The highest BCUT2D eigenvalue weighted by atomic mass is 14.1. The number of benzene rings is 2. The fourth-order valence-corrected chi connectivity index (χ4v) is 1.82. The molecule has 75 valence electrons. The summed E-state index contributed by atoms with van der Waals surface area (Å²) in [6, 6.07) is 19.1. The zero-order chi connectivity index (χ0) is 10.5. The van der Waals surface area contributed by atoms with Crippen molar-refractivity contribution in [3.05, 3.63) is 66.6 Å². The molecule has 2 aromatic rings. The Hall–Kier alpha value is -1.56. The van der Waals surface area contributed by atoms with Gasteiger partial charge in [0.2, 0.25) is 0 Å². The Morgan fingerprint density at radius 3 is 2.27 bits per heavy atom. The molecule has 0 heterocycles. The fourth-order valence-electron chi connectivity index (χ4n) is 1.82. The average Bonchev–Trinajstić information content (AvgIpc) is 2.31. The molecule has 0 spiro atoms. The highest BCUT2D eigenvalue weighted by Gasteiger charge is 2.02. The Bertz CT molecular complexity index is 415. The van der Waals surface area contributed by atoms with E-state index < -0.39 is 0 Å². The molecular formula is C15H15. The summed E-state index contributed by atoms with van der Waals surface area (Å²) >= 11 is 0. The second-order valence-corrected chi connectivity index (χ2v) is 3.64. The van der Waals surface area contributed by atoms with Gasteiger partial charge in [-0.25, -0.2) is 0 Å². The van der Waals surface area contributed by atoms with Crippen molar-refractivity contribution in [1.29, 1.82) is 0 Å². The maximum absolute atomic E-state index is 2.20. The van der Waals surface area contributed by atoms with Gasteiger partial charge in [-0.2, -0.15) is 0 Å². The molecule has 2 aromatic carbocycles. The molecule has 0 bridgehead atoms. The van der Waals surface area contributed by atoms with Crippen LogP contribution in [0.5, 0.6) is 0 Å². The Balaban J connectivity index is 2.43. The zero-order valence-electron chi connectivity index (χ0n) is 8.98. The van der Waals surface area contributed by atoms with E-state index in [4.69, 9.17) is 0 Å². The lowest BCUT2D eigenvalue weighted by Crippen LogP contribution is -1.88. The zero-order valence-corrected chi connectivity index (χ0v) is 8.98. The molecule has 0 fully saturated rings. The third kappa shape index (κ3) is 2.27. The highest BCUT2D eigenvalue weighted by Crippen LogP contribution is 2.23. The molecule has 0 saturated carbocycles. The quantitative estimate of drug-likeness (QED) is 0.691. The molecule has 2 rings (SSSR count). The number of hydrogen-bond donors (Lipinski definition) is 0. The van der Waals surface area contributed by atoms with E-state index in [1.54, 1.807) is 0 Å². The molecule has 0 N–H and O–H groups in total. The summed E-state index contributed by atoms with van der Waals surface area (Å²) in [5, 5.41) is 0. The first-order chi connectivity index (χ1) is 7.42. The summed E-state index contributed by atoms with van der Waals surface area (Å²) in [5.74, 6) is 0. The van der Waals surface area contributed by atoms with Crippen LogP contribution in [0.2, 0.25) is 0 Å². The van der Waals surface area contributed by atoms with Crippen molar-refractivity contribution >= 4 is 0 Å². The SMILES string of the molecule is C[CH]Cc1ccccc1-c1ccccc1. The first kappa shape index (κ1) is 9.97. The first-order valence-corrected chi connectivity index (χ1v) is 5.33. The normalized spacial score (nSPS) is 10.2. The minimum Gasteiger partial charge on any atom is -0.0622 e. The van der Waals surface area contributed by atoms with Gasteiger partial charge in [0, 0.05) is 0 Å². The van der Waals surface area contributed by atoms with Crippen molar-refractivity contribution < 1.29 is 0 Å². The molecule has 0 saturated heterocycles. The topological polar surface area (TPSA) is 0 Å². The molecule has 0 aliphatic carbocycles. The average molecular weight is 195 g/mol. The first-order valence-electron chi connectivity index (χ1n) is 5.33. The van der Waals surface area contributed by atoms with Gasteiger partial charge >= 0.3 is 0 Å². The van der Waals surface area contributed by atoms with E-state index in [2.05, 4.69) is 67.9 Å². The van der Waals surface area contributed by atoms with Crippen LogP contribution in [-0.2, 0) is 6.42 Å². The molecule has 0 amide bonds. The van der Waals surface area contributed by atoms with Gasteiger partial charge in [-0.05, 0) is 29.5 Å². The molecule has 0 nitrogen and oxygen atoms in total. The summed E-state index contributed by atoms with van der Waals surface area (Å²) in [7, 11) is 0. The Labute approximate surface area is 91.6 Å².